The van der Waals surface area contributed by atoms with Crippen molar-refractivity contribution in [2.45, 2.75) is 38.3 Å². The molecule has 12 nitrogen and oxygen atoms in total. The highest BCUT2D eigenvalue weighted by molar-refractivity contribution is 6.30. The molecule has 1 saturated heterocycles. The number of carbonyl (C=O) groups is 1. The molecule has 1 fully saturated rings. The van der Waals surface area contributed by atoms with E-state index in [4.69, 9.17) is 25.6 Å². The van der Waals surface area contributed by atoms with Crippen LogP contribution in [0.25, 0.3) is 11.2 Å². The van der Waals surface area contributed by atoms with Gasteiger partial charge in [0.1, 0.15) is 24.3 Å². The second-order valence-electron chi connectivity index (χ2n) is 7.97. The number of aliphatic hydroxyl groups excluding tert-OH is 1. The predicted molar refractivity (Wildman–Crippen MR) is 124 cm³/mol. The number of amides is 1. The first-order valence-corrected chi connectivity index (χ1v) is 11.2. The minimum Gasteiger partial charge on any atom is -0.424 e. The van der Waals surface area contributed by atoms with Crippen LogP contribution in [0.3, 0.4) is 0 Å². The Morgan fingerprint density at radius 2 is 2.17 bits per heavy atom. The normalized spacial score (nSPS) is 19.7. The molecule has 1 amide bonds. The number of rotatable bonds is 7. The van der Waals surface area contributed by atoms with E-state index in [1.165, 1.54) is 19.7 Å². The number of imidazole rings is 1. The van der Waals surface area contributed by atoms with Crippen LogP contribution >= 0.6 is 11.6 Å². The van der Waals surface area contributed by atoms with Crippen molar-refractivity contribution >= 4 is 34.5 Å². The van der Waals surface area contributed by atoms with Crippen molar-refractivity contribution in [3.8, 4) is 11.7 Å². The molecule has 0 bridgehead atoms. The molecule has 1 aromatic carbocycles. The van der Waals surface area contributed by atoms with Gasteiger partial charge in [-0.15, -0.1) is 0 Å². The quantitative estimate of drug-likeness (QED) is 0.346. The molecule has 3 atom stereocenters. The third-order valence-corrected chi connectivity index (χ3v) is 5.78. The van der Waals surface area contributed by atoms with Crippen LogP contribution in [-0.2, 0) is 16.1 Å². The van der Waals surface area contributed by atoms with E-state index in [-0.39, 0.29) is 18.3 Å². The zero-order chi connectivity index (χ0) is 24.5. The van der Waals surface area contributed by atoms with Crippen molar-refractivity contribution in [3.05, 3.63) is 53.2 Å². The maximum atomic E-state index is 11.9. The number of likely N-dealkylation sites (N-methyl/N-ethyl adjacent to an activating group) is 1. The van der Waals surface area contributed by atoms with Crippen LogP contribution in [0.5, 0.6) is 11.7 Å². The number of aromatic nitrogens is 5. The number of hydrogen-bond donors (Lipinski definition) is 3. The molecule has 0 radical (unpaired) electrons. The highest BCUT2D eigenvalue weighted by Gasteiger charge is 2.39. The lowest BCUT2D eigenvalue weighted by Crippen LogP contribution is -2.31. The summed E-state index contributed by atoms with van der Waals surface area (Å²) in [6.07, 6.45) is 0.599. The number of halogens is 1. The highest BCUT2D eigenvalue weighted by atomic mass is 35.5. The first-order valence-electron chi connectivity index (χ1n) is 10.8. The van der Waals surface area contributed by atoms with Crippen LogP contribution in [-0.4, -0.2) is 54.9 Å². The van der Waals surface area contributed by atoms with Crippen molar-refractivity contribution < 1.29 is 23.9 Å². The van der Waals surface area contributed by atoms with Gasteiger partial charge >= 0.3 is 5.95 Å². The lowest BCUT2D eigenvalue weighted by atomic mass is 10.2. The van der Waals surface area contributed by atoms with Gasteiger partial charge in [-0.1, -0.05) is 16.8 Å². The molecule has 182 valence electrons. The largest absolute Gasteiger partial charge is 0.424 e. The molecular formula is C22H22ClN7O5. The summed E-state index contributed by atoms with van der Waals surface area (Å²) in [5, 5.41) is 20.6. The van der Waals surface area contributed by atoms with Crippen molar-refractivity contribution in [1.82, 2.24) is 30.0 Å². The monoisotopic (exact) mass is 499 g/mol. The summed E-state index contributed by atoms with van der Waals surface area (Å²) < 4.78 is 18.3. The van der Waals surface area contributed by atoms with Crippen molar-refractivity contribution in [1.29, 1.82) is 0 Å². The van der Waals surface area contributed by atoms with Gasteiger partial charge in [-0.2, -0.15) is 0 Å². The average molecular weight is 500 g/mol. The number of benzene rings is 1. The topological polar surface area (TPSA) is 149 Å². The maximum Gasteiger partial charge on any atom is 0.316 e. The smallest absolute Gasteiger partial charge is 0.316 e. The Bertz CT molecular complexity index is 1370. The second kappa shape index (κ2) is 9.49. The standard InChI is InChI=1S/C22H22ClN7O5/c1-11-5-17(35-29-11)33-15-4-3-13(23)6-12(15)8-25-19-18-20(27-9-26-19)30(10-28-18)22-14(31)7-16(34-22)21(32)24-2/h3-6,9-10,14,16,22,31H,7-8H2,1-2H3,(H,24,32)(H,25,26,27)/t14-,16+,22-/m0/s1. The van der Waals surface area contributed by atoms with Crippen LogP contribution in [0.2, 0.25) is 5.02 Å². The lowest BCUT2D eigenvalue weighted by Gasteiger charge is -2.16. The van der Waals surface area contributed by atoms with E-state index >= 15 is 0 Å². The van der Waals surface area contributed by atoms with Gasteiger partial charge < -0.3 is 29.7 Å². The maximum absolute atomic E-state index is 11.9. The molecule has 0 aliphatic carbocycles. The van der Waals surface area contributed by atoms with E-state index in [9.17, 15) is 9.90 Å². The predicted octanol–water partition coefficient (Wildman–Crippen LogP) is 2.57. The minimum absolute atomic E-state index is 0.169. The number of anilines is 1. The zero-order valence-electron chi connectivity index (χ0n) is 18.8. The number of fused-ring (bicyclic) bond motifs is 1. The van der Waals surface area contributed by atoms with E-state index in [1.807, 2.05) is 0 Å². The van der Waals surface area contributed by atoms with Gasteiger partial charge in [-0.05, 0) is 25.1 Å². The molecule has 3 N–H and O–H groups in total. The summed E-state index contributed by atoms with van der Waals surface area (Å²) in [6, 6.07) is 6.91. The fourth-order valence-electron chi connectivity index (χ4n) is 3.86. The van der Waals surface area contributed by atoms with Gasteiger partial charge in [0, 0.05) is 36.7 Å². The van der Waals surface area contributed by atoms with Gasteiger partial charge in [0.25, 0.3) is 0 Å². The average Bonchev–Trinajstić information content (AvgIpc) is 3.56. The molecule has 35 heavy (non-hydrogen) atoms. The van der Waals surface area contributed by atoms with E-state index in [1.54, 1.807) is 35.8 Å². The SMILES string of the molecule is CNC(=O)[C@H]1C[C@H](O)[C@@H](n2cnc3c(NCc4cc(Cl)ccc4Oc4cc(C)no4)ncnc32)O1. The van der Waals surface area contributed by atoms with E-state index in [0.717, 1.165) is 5.56 Å². The Hall–Kier alpha value is -3.74. The molecule has 5 rings (SSSR count). The molecule has 1 aliphatic rings. The van der Waals surface area contributed by atoms with Crippen LogP contribution in [0.1, 0.15) is 23.9 Å². The first kappa shape index (κ1) is 23.0. The summed E-state index contributed by atoms with van der Waals surface area (Å²) in [7, 11) is 1.52. The van der Waals surface area contributed by atoms with Crippen molar-refractivity contribution in [3.63, 3.8) is 0 Å². The summed E-state index contributed by atoms with van der Waals surface area (Å²) in [5.41, 5.74) is 2.37. The Balaban J connectivity index is 1.37. The minimum atomic E-state index is -0.896. The van der Waals surface area contributed by atoms with Crippen molar-refractivity contribution in [2.24, 2.45) is 0 Å². The van der Waals surface area contributed by atoms with Crippen LogP contribution in [0.4, 0.5) is 5.82 Å². The molecule has 4 aromatic rings. The third-order valence-electron chi connectivity index (χ3n) is 5.55. The van der Waals surface area contributed by atoms with Gasteiger partial charge in [-0.25, -0.2) is 15.0 Å². The summed E-state index contributed by atoms with van der Waals surface area (Å²) in [5.74, 6) is 0.967. The number of ether oxygens (including phenoxy) is 2. The van der Waals surface area contributed by atoms with Crippen LogP contribution < -0.4 is 15.4 Å². The second-order valence-corrected chi connectivity index (χ2v) is 8.41. The molecular weight excluding hydrogens is 478 g/mol. The van der Waals surface area contributed by atoms with Gasteiger partial charge in [-0.3, -0.25) is 9.36 Å². The Morgan fingerprint density at radius 3 is 2.94 bits per heavy atom. The molecule has 1 aliphatic heterocycles. The van der Waals surface area contributed by atoms with E-state index < -0.39 is 18.4 Å². The van der Waals surface area contributed by atoms with Crippen LogP contribution in [0, 0.1) is 6.92 Å². The molecule has 3 aromatic heterocycles. The zero-order valence-corrected chi connectivity index (χ0v) is 19.6. The lowest BCUT2D eigenvalue weighted by molar-refractivity contribution is -0.134. The summed E-state index contributed by atoms with van der Waals surface area (Å²) in [4.78, 5) is 25.0. The van der Waals surface area contributed by atoms with E-state index in [0.29, 0.717) is 40.0 Å². The Labute approximate surface area is 204 Å². The number of hydrogen-bond acceptors (Lipinski definition) is 10. The number of nitrogens with one attached hydrogen (secondary N) is 2. The fourth-order valence-corrected chi connectivity index (χ4v) is 4.05. The molecule has 0 unspecified atom stereocenters. The highest BCUT2D eigenvalue weighted by Crippen LogP contribution is 2.33. The molecule has 4 heterocycles. The summed E-state index contributed by atoms with van der Waals surface area (Å²) >= 11 is 6.21. The van der Waals surface area contributed by atoms with Gasteiger partial charge in [0.2, 0.25) is 5.91 Å². The molecule has 13 heteroatoms. The van der Waals surface area contributed by atoms with Crippen molar-refractivity contribution in [2.75, 3.05) is 12.4 Å². The molecule has 0 spiro atoms. The Kier molecular flexibility index (Phi) is 6.24. The van der Waals surface area contributed by atoms with Gasteiger partial charge in [0.15, 0.2) is 23.2 Å². The number of aliphatic hydroxyl groups is 1. The number of nitrogens with zero attached hydrogens (tertiary/aromatic N) is 5. The van der Waals surface area contributed by atoms with Crippen LogP contribution in [0.15, 0.2) is 41.4 Å². The number of carbonyl (C=O) groups excluding carboxylic acids is 1. The van der Waals surface area contributed by atoms with E-state index in [2.05, 4.69) is 30.7 Å². The first-order chi connectivity index (χ1) is 16.9. The number of aryl methyl sites for hydroxylation is 1. The summed E-state index contributed by atoms with van der Waals surface area (Å²) in [6.45, 7) is 2.11. The molecule has 0 saturated carbocycles. The third kappa shape index (κ3) is 4.63. The Morgan fingerprint density at radius 1 is 1.31 bits per heavy atom. The van der Waals surface area contributed by atoms with Gasteiger partial charge in [0.05, 0.1) is 12.0 Å². The fraction of sp³-hybridized carbons (Fsp3) is 0.318.